The molecule has 0 heterocycles. The van der Waals surface area contributed by atoms with Crippen molar-refractivity contribution in [2.45, 2.75) is 26.2 Å². The number of carbonyl (C=O) groups excluding carboxylic acids is 1. The summed E-state index contributed by atoms with van der Waals surface area (Å²) in [6, 6.07) is 9.21. The summed E-state index contributed by atoms with van der Waals surface area (Å²) in [6.07, 6.45) is 3.57. The Hall–Kier alpha value is -2.04. The molecule has 0 saturated carbocycles. The first-order valence-corrected chi connectivity index (χ1v) is 7.55. The predicted molar refractivity (Wildman–Crippen MR) is 87.7 cm³/mol. The number of hydrogen-bond acceptors (Lipinski definition) is 2. The Labute approximate surface area is 127 Å². The number of amides is 1. The number of nitrogens with zero attached hydrogens (tertiary/aromatic N) is 1. The van der Waals surface area contributed by atoms with Gasteiger partial charge in [-0.25, -0.2) is 0 Å². The van der Waals surface area contributed by atoms with Gasteiger partial charge in [0, 0.05) is 32.2 Å². The monoisotopic (exact) mass is 290 g/mol. The average molecular weight is 290 g/mol. The molecule has 1 amide bonds. The van der Waals surface area contributed by atoms with Crippen LogP contribution in [0.1, 0.15) is 36.5 Å². The van der Waals surface area contributed by atoms with Crippen molar-refractivity contribution in [3.8, 4) is 0 Å². The SMILES string of the molecule is CCCCCNC(=NC)NCCNC(=O)c1ccccc1. The molecule has 0 aliphatic heterocycles. The molecule has 5 nitrogen and oxygen atoms in total. The second-order valence-electron chi connectivity index (χ2n) is 4.75. The van der Waals surface area contributed by atoms with E-state index < -0.39 is 0 Å². The van der Waals surface area contributed by atoms with Crippen molar-refractivity contribution < 1.29 is 4.79 Å². The second-order valence-corrected chi connectivity index (χ2v) is 4.75. The molecule has 0 saturated heterocycles. The first-order valence-electron chi connectivity index (χ1n) is 7.55. The van der Waals surface area contributed by atoms with E-state index in [0.717, 1.165) is 18.9 Å². The average Bonchev–Trinajstić information content (AvgIpc) is 2.54. The highest BCUT2D eigenvalue weighted by Gasteiger charge is 2.03. The molecule has 5 heteroatoms. The van der Waals surface area contributed by atoms with Crippen LogP contribution in [0, 0.1) is 0 Å². The van der Waals surface area contributed by atoms with E-state index in [-0.39, 0.29) is 5.91 Å². The maximum Gasteiger partial charge on any atom is 0.251 e. The topological polar surface area (TPSA) is 65.5 Å². The summed E-state index contributed by atoms with van der Waals surface area (Å²) in [5.74, 6) is 0.725. The van der Waals surface area contributed by atoms with Gasteiger partial charge in [0.15, 0.2) is 5.96 Å². The fraction of sp³-hybridized carbons (Fsp3) is 0.500. The quantitative estimate of drug-likeness (QED) is 0.388. The van der Waals surface area contributed by atoms with Crippen molar-refractivity contribution in [1.29, 1.82) is 0 Å². The molecule has 0 spiro atoms. The first kappa shape index (κ1) is 17.0. The van der Waals surface area contributed by atoms with Gasteiger partial charge in [0.1, 0.15) is 0 Å². The maximum atomic E-state index is 11.8. The summed E-state index contributed by atoms with van der Waals surface area (Å²) in [5, 5.41) is 9.30. The zero-order chi connectivity index (χ0) is 15.3. The van der Waals surface area contributed by atoms with Crippen LogP contribution >= 0.6 is 0 Å². The zero-order valence-corrected chi connectivity index (χ0v) is 13.0. The van der Waals surface area contributed by atoms with Gasteiger partial charge < -0.3 is 16.0 Å². The van der Waals surface area contributed by atoms with Crippen molar-refractivity contribution in [3.63, 3.8) is 0 Å². The van der Waals surface area contributed by atoms with Crippen LogP contribution in [0.4, 0.5) is 0 Å². The van der Waals surface area contributed by atoms with Crippen LogP contribution in [0.15, 0.2) is 35.3 Å². The lowest BCUT2D eigenvalue weighted by atomic mass is 10.2. The fourth-order valence-corrected chi connectivity index (χ4v) is 1.85. The highest BCUT2D eigenvalue weighted by Crippen LogP contribution is 1.97. The molecule has 0 atom stereocenters. The van der Waals surface area contributed by atoms with E-state index in [1.54, 1.807) is 19.2 Å². The van der Waals surface area contributed by atoms with E-state index in [9.17, 15) is 4.79 Å². The van der Waals surface area contributed by atoms with E-state index in [2.05, 4.69) is 27.9 Å². The molecule has 0 unspecified atom stereocenters. The van der Waals surface area contributed by atoms with Gasteiger partial charge in [0.25, 0.3) is 5.91 Å². The number of nitrogens with one attached hydrogen (secondary N) is 3. The van der Waals surface area contributed by atoms with Crippen LogP contribution in [-0.4, -0.2) is 38.5 Å². The normalized spacial score (nSPS) is 11.0. The zero-order valence-electron chi connectivity index (χ0n) is 13.0. The Morgan fingerprint density at radius 2 is 1.67 bits per heavy atom. The summed E-state index contributed by atoms with van der Waals surface area (Å²) in [4.78, 5) is 16.0. The van der Waals surface area contributed by atoms with Crippen molar-refractivity contribution in [1.82, 2.24) is 16.0 Å². The molecule has 116 valence electrons. The summed E-state index contributed by atoms with van der Waals surface area (Å²) < 4.78 is 0. The minimum absolute atomic E-state index is 0.0525. The Bertz CT molecular complexity index is 431. The highest BCUT2D eigenvalue weighted by atomic mass is 16.1. The van der Waals surface area contributed by atoms with E-state index in [1.165, 1.54) is 12.8 Å². The van der Waals surface area contributed by atoms with Crippen LogP contribution in [0.3, 0.4) is 0 Å². The van der Waals surface area contributed by atoms with Crippen molar-refractivity contribution in [3.05, 3.63) is 35.9 Å². The molecular weight excluding hydrogens is 264 g/mol. The van der Waals surface area contributed by atoms with Gasteiger partial charge in [-0.1, -0.05) is 38.0 Å². The number of hydrogen-bond donors (Lipinski definition) is 3. The Morgan fingerprint density at radius 3 is 2.33 bits per heavy atom. The molecule has 1 aromatic carbocycles. The molecule has 0 bridgehead atoms. The lowest BCUT2D eigenvalue weighted by Crippen LogP contribution is -2.41. The molecule has 0 fully saturated rings. The summed E-state index contributed by atoms with van der Waals surface area (Å²) in [6.45, 7) is 4.31. The number of carbonyl (C=O) groups is 1. The Kier molecular flexibility index (Phi) is 8.68. The van der Waals surface area contributed by atoms with E-state index in [4.69, 9.17) is 0 Å². The van der Waals surface area contributed by atoms with Gasteiger partial charge >= 0.3 is 0 Å². The van der Waals surface area contributed by atoms with E-state index in [1.807, 2.05) is 18.2 Å². The third kappa shape index (κ3) is 7.34. The molecule has 1 aromatic rings. The fourth-order valence-electron chi connectivity index (χ4n) is 1.85. The van der Waals surface area contributed by atoms with Crippen LogP contribution in [0.25, 0.3) is 0 Å². The van der Waals surface area contributed by atoms with E-state index >= 15 is 0 Å². The van der Waals surface area contributed by atoms with Crippen molar-refractivity contribution >= 4 is 11.9 Å². The predicted octanol–water partition coefficient (Wildman–Crippen LogP) is 1.77. The van der Waals surface area contributed by atoms with E-state index in [0.29, 0.717) is 18.7 Å². The third-order valence-corrected chi connectivity index (χ3v) is 3.04. The number of benzene rings is 1. The number of rotatable bonds is 8. The molecule has 0 radical (unpaired) electrons. The van der Waals surface area contributed by atoms with Crippen LogP contribution in [0.2, 0.25) is 0 Å². The standard InChI is InChI=1S/C16H26N4O/c1-3-4-8-11-19-16(17-2)20-13-12-18-15(21)14-9-6-5-7-10-14/h5-7,9-10H,3-4,8,11-13H2,1-2H3,(H,18,21)(H2,17,19,20). The highest BCUT2D eigenvalue weighted by molar-refractivity contribution is 5.94. The summed E-state index contributed by atoms with van der Waals surface area (Å²) in [7, 11) is 1.75. The largest absolute Gasteiger partial charge is 0.356 e. The lowest BCUT2D eigenvalue weighted by Gasteiger charge is -2.12. The van der Waals surface area contributed by atoms with Gasteiger partial charge in [0.2, 0.25) is 0 Å². The number of unbranched alkanes of at least 4 members (excludes halogenated alkanes) is 2. The molecule has 1 rings (SSSR count). The molecular formula is C16H26N4O. The second kappa shape index (κ2) is 10.7. The third-order valence-electron chi connectivity index (χ3n) is 3.04. The lowest BCUT2D eigenvalue weighted by molar-refractivity contribution is 0.0954. The van der Waals surface area contributed by atoms with Gasteiger partial charge in [-0.2, -0.15) is 0 Å². The number of aliphatic imine (C=N–C) groups is 1. The molecule has 3 N–H and O–H groups in total. The summed E-state index contributed by atoms with van der Waals surface area (Å²) in [5.41, 5.74) is 0.680. The maximum absolute atomic E-state index is 11.8. The van der Waals surface area contributed by atoms with Gasteiger partial charge in [0.05, 0.1) is 0 Å². The molecule has 0 aromatic heterocycles. The Balaban J connectivity index is 2.16. The minimum Gasteiger partial charge on any atom is -0.356 e. The smallest absolute Gasteiger partial charge is 0.251 e. The summed E-state index contributed by atoms with van der Waals surface area (Å²) >= 11 is 0. The minimum atomic E-state index is -0.0525. The van der Waals surface area contributed by atoms with Crippen LogP contribution in [0.5, 0.6) is 0 Å². The molecule has 21 heavy (non-hydrogen) atoms. The van der Waals surface area contributed by atoms with Crippen LogP contribution in [-0.2, 0) is 0 Å². The van der Waals surface area contributed by atoms with Gasteiger partial charge in [-0.15, -0.1) is 0 Å². The van der Waals surface area contributed by atoms with Crippen LogP contribution < -0.4 is 16.0 Å². The van der Waals surface area contributed by atoms with Crippen molar-refractivity contribution in [2.75, 3.05) is 26.7 Å². The Morgan fingerprint density at radius 1 is 1.00 bits per heavy atom. The van der Waals surface area contributed by atoms with Gasteiger partial charge in [-0.3, -0.25) is 9.79 Å². The molecule has 0 aliphatic rings. The molecule has 0 aliphatic carbocycles. The number of guanidine groups is 1. The van der Waals surface area contributed by atoms with Crippen molar-refractivity contribution in [2.24, 2.45) is 4.99 Å². The first-order chi connectivity index (χ1) is 10.3. The van der Waals surface area contributed by atoms with Gasteiger partial charge in [-0.05, 0) is 18.6 Å².